The first-order chi connectivity index (χ1) is 14.5. The lowest BCUT2D eigenvalue weighted by Gasteiger charge is -2.23. The molecule has 3 amide bonds. The summed E-state index contributed by atoms with van der Waals surface area (Å²) in [7, 11) is 0. The zero-order valence-electron chi connectivity index (χ0n) is 16.9. The van der Waals surface area contributed by atoms with Gasteiger partial charge in [-0.05, 0) is 51.0 Å². The van der Waals surface area contributed by atoms with Gasteiger partial charge in [-0.1, -0.05) is 46.7 Å². The Morgan fingerprint density at radius 2 is 1.53 bits per heavy atom. The molecule has 0 saturated carbocycles. The number of carbonyl (C=O) groups excluding carboxylic acids is 2. The van der Waals surface area contributed by atoms with E-state index in [1.165, 1.54) is 11.3 Å². The number of aromatic nitrogens is 2. The highest BCUT2D eigenvalue weighted by Gasteiger charge is 2.33. The lowest BCUT2D eigenvalue weighted by Crippen LogP contribution is -2.34. The number of carbonyl (C=O) groups is 2. The number of urea groups is 1. The maximum absolute atomic E-state index is 12.8. The van der Waals surface area contributed by atoms with Gasteiger partial charge in [0.2, 0.25) is 5.01 Å². The quantitative estimate of drug-likeness (QED) is 0.635. The Morgan fingerprint density at radius 3 is 2.17 bits per heavy atom. The molecule has 7 nitrogen and oxygen atoms in total. The molecule has 8 heteroatoms. The average molecular weight is 422 g/mol. The van der Waals surface area contributed by atoms with Crippen molar-refractivity contribution < 1.29 is 9.59 Å². The summed E-state index contributed by atoms with van der Waals surface area (Å²) >= 11 is 1.23. The number of hydrogen-bond acceptors (Lipinski definition) is 5. The number of rotatable bonds is 4. The normalized spacial score (nSPS) is 15.8. The summed E-state index contributed by atoms with van der Waals surface area (Å²) in [5.74, 6) is -0.295. The van der Waals surface area contributed by atoms with E-state index < -0.39 is 0 Å². The van der Waals surface area contributed by atoms with E-state index in [-0.39, 0.29) is 23.0 Å². The van der Waals surface area contributed by atoms with E-state index in [0.717, 1.165) is 29.7 Å². The largest absolute Gasteiger partial charge is 0.322 e. The van der Waals surface area contributed by atoms with E-state index >= 15 is 0 Å². The van der Waals surface area contributed by atoms with Crippen molar-refractivity contribution in [2.75, 3.05) is 17.2 Å². The molecular weight excluding hydrogens is 398 g/mol. The van der Waals surface area contributed by atoms with Crippen molar-refractivity contribution in [3.05, 3.63) is 69.7 Å². The van der Waals surface area contributed by atoms with Crippen molar-refractivity contribution in [3.63, 3.8) is 0 Å². The van der Waals surface area contributed by atoms with E-state index in [2.05, 4.69) is 20.8 Å². The lowest BCUT2D eigenvalue weighted by atomic mass is 10.2. The first kappa shape index (κ1) is 20.0. The second-order valence-corrected chi connectivity index (χ2v) is 8.42. The van der Waals surface area contributed by atoms with Gasteiger partial charge in [0.1, 0.15) is 5.01 Å². The fraction of sp³-hybridized carbons (Fsp3) is 0.273. The number of aryl methyl sites for hydroxylation is 2. The zero-order chi connectivity index (χ0) is 21.1. The van der Waals surface area contributed by atoms with E-state index in [4.69, 9.17) is 0 Å². The zero-order valence-corrected chi connectivity index (χ0v) is 17.7. The van der Waals surface area contributed by atoms with Gasteiger partial charge in [0.25, 0.3) is 5.91 Å². The van der Waals surface area contributed by atoms with Crippen molar-refractivity contribution in [1.82, 2.24) is 15.1 Å². The molecule has 2 N–H and O–H groups in total. The van der Waals surface area contributed by atoms with Gasteiger partial charge in [0.15, 0.2) is 0 Å². The minimum Gasteiger partial charge on any atom is -0.320 e. The van der Waals surface area contributed by atoms with Crippen molar-refractivity contribution in [2.45, 2.75) is 32.7 Å². The molecule has 1 fully saturated rings. The first-order valence-electron chi connectivity index (χ1n) is 9.85. The summed E-state index contributed by atoms with van der Waals surface area (Å²) in [6.07, 6.45) is 1.69. The van der Waals surface area contributed by atoms with Crippen molar-refractivity contribution in [2.24, 2.45) is 0 Å². The van der Waals surface area contributed by atoms with Gasteiger partial charge in [-0.15, -0.1) is 10.2 Å². The Bertz CT molecular complexity index is 1050. The van der Waals surface area contributed by atoms with Crippen LogP contribution in [0.5, 0.6) is 0 Å². The molecule has 2 aromatic carbocycles. The number of benzene rings is 2. The molecular formula is C22H23N5O2S. The number of nitrogens with one attached hydrogen (secondary N) is 2. The van der Waals surface area contributed by atoms with E-state index in [0.29, 0.717) is 17.2 Å². The maximum atomic E-state index is 12.8. The van der Waals surface area contributed by atoms with E-state index in [1.807, 2.05) is 62.4 Å². The number of anilines is 2. The Hall–Kier alpha value is -3.26. The molecule has 30 heavy (non-hydrogen) atoms. The molecule has 1 aliphatic rings. The van der Waals surface area contributed by atoms with E-state index in [1.54, 1.807) is 4.90 Å². The van der Waals surface area contributed by atoms with Crippen LogP contribution in [0.25, 0.3) is 0 Å². The Balaban J connectivity index is 1.43. The summed E-state index contributed by atoms with van der Waals surface area (Å²) in [5.41, 5.74) is 3.72. The van der Waals surface area contributed by atoms with Crippen LogP contribution in [-0.2, 0) is 0 Å². The summed E-state index contributed by atoms with van der Waals surface area (Å²) in [6.45, 7) is 4.64. The van der Waals surface area contributed by atoms with Gasteiger partial charge < -0.3 is 15.5 Å². The molecule has 1 aromatic heterocycles. The molecule has 2 heterocycles. The van der Waals surface area contributed by atoms with Gasteiger partial charge in [0.05, 0.1) is 6.04 Å². The van der Waals surface area contributed by atoms with Crippen LogP contribution in [0.4, 0.5) is 16.2 Å². The fourth-order valence-corrected chi connectivity index (χ4v) is 4.27. The van der Waals surface area contributed by atoms with Crippen LogP contribution in [0.1, 0.15) is 44.8 Å². The second kappa shape index (κ2) is 8.62. The van der Waals surface area contributed by atoms with Crippen molar-refractivity contribution in [1.29, 1.82) is 0 Å². The summed E-state index contributed by atoms with van der Waals surface area (Å²) < 4.78 is 0. The molecule has 0 unspecified atom stereocenters. The van der Waals surface area contributed by atoms with Gasteiger partial charge in [0, 0.05) is 17.9 Å². The Kier molecular flexibility index (Phi) is 5.76. The molecule has 1 aliphatic heterocycles. The van der Waals surface area contributed by atoms with Crippen molar-refractivity contribution >= 4 is 34.6 Å². The van der Waals surface area contributed by atoms with Crippen LogP contribution >= 0.6 is 11.3 Å². The Labute approximate surface area is 179 Å². The number of likely N-dealkylation sites (tertiary alicyclic amines) is 1. The van der Waals surface area contributed by atoms with Crippen LogP contribution in [0, 0.1) is 13.8 Å². The molecule has 3 aromatic rings. The predicted molar refractivity (Wildman–Crippen MR) is 118 cm³/mol. The highest BCUT2D eigenvalue weighted by molar-refractivity contribution is 7.13. The first-order valence-corrected chi connectivity index (χ1v) is 10.7. The van der Waals surface area contributed by atoms with Gasteiger partial charge in [-0.3, -0.25) is 4.79 Å². The van der Waals surface area contributed by atoms with Crippen molar-refractivity contribution in [3.8, 4) is 0 Å². The molecule has 4 rings (SSSR count). The number of hydrogen-bond donors (Lipinski definition) is 2. The predicted octanol–water partition coefficient (Wildman–Crippen LogP) is 4.78. The SMILES string of the molecule is Cc1ccc(NC(=O)c2nnc([C@H]3CCCN3C(=O)Nc3ccc(C)cc3)s2)cc1. The van der Waals surface area contributed by atoms with Gasteiger partial charge in [-0.25, -0.2) is 4.79 Å². The van der Waals surface area contributed by atoms with E-state index in [9.17, 15) is 9.59 Å². The average Bonchev–Trinajstić information content (AvgIpc) is 3.40. The molecule has 1 saturated heterocycles. The topological polar surface area (TPSA) is 87.2 Å². The molecule has 1 atom stereocenters. The molecule has 0 radical (unpaired) electrons. The standard InChI is InChI=1S/C22H23N5O2S/c1-14-5-9-16(10-6-14)23-19(28)21-26-25-20(30-21)18-4-3-13-27(18)22(29)24-17-11-7-15(2)8-12-17/h5-12,18H,3-4,13H2,1-2H3,(H,23,28)(H,24,29)/t18-/m1/s1. The fourth-order valence-electron chi connectivity index (χ4n) is 3.38. The third-order valence-electron chi connectivity index (χ3n) is 5.05. The second-order valence-electron chi connectivity index (χ2n) is 7.41. The minimum atomic E-state index is -0.295. The molecule has 0 bridgehead atoms. The van der Waals surface area contributed by atoms with Gasteiger partial charge in [-0.2, -0.15) is 0 Å². The monoisotopic (exact) mass is 421 g/mol. The van der Waals surface area contributed by atoms with Crippen LogP contribution in [0.2, 0.25) is 0 Å². The highest BCUT2D eigenvalue weighted by atomic mass is 32.1. The third kappa shape index (κ3) is 4.49. The number of amides is 3. The Morgan fingerprint density at radius 1 is 0.933 bits per heavy atom. The van der Waals surface area contributed by atoms with Crippen LogP contribution in [0.15, 0.2) is 48.5 Å². The van der Waals surface area contributed by atoms with Crippen LogP contribution in [0.3, 0.4) is 0 Å². The lowest BCUT2D eigenvalue weighted by molar-refractivity contribution is 0.102. The summed E-state index contributed by atoms with van der Waals surface area (Å²) in [6, 6.07) is 14.9. The molecule has 0 aliphatic carbocycles. The number of nitrogens with zero attached hydrogens (tertiary/aromatic N) is 3. The van der Waals surface area contributed by atoms with Crippen LogP contribution < -0.4 is 10.6 Å². The highest BCUT2D eigenvalue weighted by Crippen LogP contribution is 2.34. The third-order valence-corrected chi connectivity index (χ3v) is 6.07. The summed E-state index contributed by atoms with van der Waals surface area (Å²) in [5, 5.41) is 15.0. The van der Waals surface area contributed by atoms with Gasteiger partial charge >= 0.3 is 6.03 Å². The van der Waals surface area contributed by atoms with Crippen LogP contribution in [-0.4, -0.2) is 33.6 Å². The minimum absolute atomic E-state index is 0.165. The maximum Gasteiger partial charge on any atom is 0.322 e. The molecule has 154 valence electrons. The molecule has 0 spiro atoms. The smallest absolute Gasteiger partial charge is 0.320 e. The summed E-state index contributed by atoms with van der Waals surface area (Å²) in [4.78, 5) is 27.1.